The summed E-state index contributed by atoms with van der Waals surface area (Å²) in [5.41, 5.74) is 6.88. The molecule has 2 heteroatoms. The summed E-state index contributed by atoms with van der Waals surface area (Å²) in [5, 5.41) is 0. The summed E-state index contributed by atoms with van der Waals surface area (Å²) in [5.74, 6) is 0. The summed E-state index contributed by atoms with van der Waals surface area (Å²) in [7, 11) is 2.27. The lowest BCUT2D eigenvalue weighted by molar-refractivity contribution is 0.0677. The highest BCUT2D eigenvalue weighted by Crippen LogP contribution is 2.38. The van der Waals surface area contributed by atoms with E-state index in [1.165, 1.54) is 25.7 Å². The third-order valence-electron chi connectivity index (χ3n) is 5.32. The second-order valence-corrected chi connectivity index (χ2v) is 8.42. The predicted octanol–water partition coefficient (Wildman–Crippen LogP) is 3.65. The molecule has 0 aliphatic heterocycles. The summed E-state index contributed by atoms with van der Waals surface area (Å²) in [6.07, 6.45) is 5.39. The maximum atomic E-state index is 6.31. The van der Waals surface area contributed by atoms with E-state index < -0.39 is 0 Å². The van der Waals surface area contributed by atoms with E-state index in [0.717, 1.165) is 12.6 Å². The molecule has 0 heterocycles. The first-order chi connectivity index (χ1) is 7.95. The molecule has 0 unspecified atom stereocenters. The summed E-state index contributed by atoms with van der Waals surface area (Å²) >= 11 is 0. The van der Waals surface area contributed by atoms with Crippen molar-refractivity contribution >= 4 is 0 Å². The largest absolute Gasteiger partial charge is 0.325 e. The van der Waals surface area contributed by atoms with E-state index in [4.69, 9.17) is 5.73 Å². The van der Waals surface area contributed by atoms with Crippen LogP contribution >= 0.6 is 0 Å². The number of rotatable bonds is 4. The first kappa shape index (κ1) is 16.0. The molecule has 0 aromatic rings. The van der Waals surface area contributed by atoms with Crippen LogP contribution in [0, 0.1) is 10.8 Å². The quantitative estimate of drug-likeness (QED) is 0.830. The van der Waals surface area contributed by atoms with Gasteiger partial charge in [0.1, 0.15) is 0 Å². The van der Waals surface area contributed by atoms with Crippen LogP contribution in [0.3, 0.4) is 0 Å². The topological polar surface area (TPSA) is 29.3 Å². The molecule has 2 N–H and O–H groups in total. The van der Waals surface area contributed by atoms with E-state index in [-0.39, 0.29) is 11.0 Å². The molecule has 1 aliphatic rings. The van der Waals surface area contributed by atoms with Gasteiger partial charge in [0, 0.05) is 18.1 Å². The molecular weight excluding hydrogens is 220 g/mol. The molecular formula is C16H34N2. The van der Waals surface area contributed by atoms with Gasteiger partial charge in [-0.3, -0.25) is 0 Å². The molecule has 1 rings (SSSR count). The molecule has 0 amide bonds. The minimum absolute atomic E-state index is 0.130. The fourth-order valence-electron chi connectivity index (χ4n) is 2.78. The zero-order valence-corrected chi connectivity index (χ0v) is 13.6. The van der Waals surface area contributed by atoms with E-state index >= 15 is 0 Å². The summed E-state index contributed by atoms with van der Waals surface area (Å²) in [6, 6.07) is 0.750. The van der Waals surface area contributed by atoms with Gasteiger partial charge in [0.05, 0.1) is 0 Å². The maximum Gasteiger partial charge on any atom is 0.0161 e. The van der Waals surface area contributed by atoms with Crippen molar-refractivity contribution < 1.29 is 0 Å². The third kappa shape index (κ3) is 3.96. The van der Waals surface area contributed by atoms with Gasteiger partial charge in [-0.1, -0.05) is 27.7 Å². The van der Waals surface area contributed by atoms with Crippen LogP contribution in [0.25, 0.3) is 0 Å². The van der Waals surface area contributed by atoms with Gasteiger partial charge in [0.2, 0.25) is 0 Å². The minimum atomic E-state index is -0.130. The van der Waals surface area contributed by atoms with Crippen LogP contribution in [0.1, 0.15) is 67.2 Å². The Labute approximate surface area is 114 Å². The van der Waals surface area contributed by atoms with Gasteiger partial charge in [-0.15, -0.1) is 0 Å². The van der Waals surface area contributed by atoms with Crippen LogP contribution in [-0.4, -0.2) is 30.1 Å². The van der Waals surface area contributed by atoms with Crippen LogP contribution in [0.2, 0.25) is 0 Å². The van der Waals surface area contributed by atoms with Crippen molar-refractivity contribution in [1.82, 2.24) is 4.90 Å². The maximum absolute atomic E-state index is 6.31. The zero-order chi connectivity index (χ0) is 14.2. The number of nitrogens with zero attached hydrogens (tertiary/aromatic N) is 1. The van der Waals surface area contributed by atoms with E-state index in [9.17, 15) is 0 Å². The van der Waals surface area contributed by atoms with Crippen molar-refractivity contribution in [2.45, 2.75) is 78.8 Å². The van der Waals surface area contributed by atoms with Crippen LogP contribution < -0.4 is 5.73 Å². The lowest BCUT2D eigenvalue weighted by Gasteiger charge is -2.45. The Morgan fingerprint density at radius 2 is 1.56 bits per heavy atom. The van der Waals surface area contributed by atoms with Gasteiger partial charge in [-0.05, 0) is 57.4 Å². The second-order valence-electron chi connectivity index (χ2n) is 8.42. The fourth-order valence-corrected chi connectivity index (χ4v) is 2.78. The molecule has 18 heavy (non-hydrogen) atoms. The van der Waals surface area contributed by atoms with Crippen LogP contribution in [0.4, 0.5) is 0 Å². The molecule has 0 atom stereocenters. The predicted molar refractivity (Wildman–Crippen MR) is 80.7 cm³/mol. The van der Waals surface area contributed by atoms with Crippen molar-refractivity contribution in [2.75, 3.05) is 13.6 Å². The number of hydrogen-bond acceptors (Lipinski definition) is 2. The molecule has 1 fully saturated rings. The monoisotopic (exact) mass is 254 g/mol. The first-order valence-electron chi connectivity index (χ1n) is 7.44. The van der Waals surface area contributed by atoms with Crippen LogP contribution in [0.15, 0.2) is 0 Å². The average molecular weight is 254 g/mol. The Hall–Kier alpha value is -0.0800. The summed E-state index contributed by atoms with van der Waals surface area (Å²) in [6.45, 7) is 14.7. The zero-order valence-electron chi connectivity index (χ0n) is 13.6. The molecule has 0 saturated heterocycles. The molecule has 0 radical (unpaired) electrons. The molecule has 0 aromatic carbocycles. The normalized spacial score (nSPS) is 22.5. The molecule has 1 saturated carbocycles. The van der Waals surface area contributed by atoms with E-state index in [2.05, 4.69) is 53.5 Å². The third-order valence-corrected chi connectivity index (χ3v) is 5.32. The molecule has 1 aliphatic carbocycles. The van der Waals surface area contributed by atoms with Gasteiger partial charge in [-0.25, -0.2) is 0 Å². The molecule has 0 aromatic heterocycles. The highest BCUT2D eigenvalue weighted by atomic mass is 15.1. The highest BCUT2D eigenvalue weighted by molar-refractivity contribution is 4.93. The Kier molecular flexibility index (Phi) is 4.55. The van der Waals surface area contributed by atoms with Crippen molar-refractivity contribution in [3.05, 3.63) is 0 Å². The van der Waals surface area contributed by atoms with Crippen LogP contribution in [0.5, 0.6) is 0 Å². The Morgan fingerprint density at radius 3 is 1.94 bits per heavy atom. The summed E-state index contributed by atoms with van der Waals surface area (Å²) < 4.78 is 0. The van der Waals surface area contributed by atoms with Gasteiger partial charge in [0.15, 0.2) is 0 Å². The minimum Gasteiger partial charge on any atom is -0.325 e. The highest BCUT2D eigenvalue weighted by Gasteiger charge is 2.37. The smallest absolute Gasteiger partial charge is 0.0161 e. The average Bonchev–Trinajstić information content (AvgIpc) is 2.14. The van der Waals surface area contributed by atoms with Crippen molar-refractivity contribution in [2.24, 2.45) is 16.6 Å². The Balaban J connectivity index is 2.54. The van der Waals surface area contributed by atoms with E-state index in [1.54, 1.807) is 0 Å². The van der Waals surface area contributed by atoms with Crippen LogP contribution in [-0.2, 0) is 0 Å². The van der Waals surface area contributed by atoms with Gasteiger partial charge in [-0.2, -0.15) is 0 Å². The fraction of sp³-hybridized carbons (Fsp3) is 1.00. The first-order valence-corrected chi connectivity index (χ1v) is 7.44. The van der Waals surface area contributed by atoms with E-state index in [1.807, 2.05) is 0 Å². The second kappa shape index (κ2) is 5.13. The van der Waals surface area contributed by atoms with Crippen molar-refractivity contribution in [1.29, 1.82) is 0 Å². The molecule has 2 nitrogen and oxygen atoms in total. The molecule has 0 bridgehead atoms. The van der Waals surface area contributed by atoms with Crippen molar-refractivity contribution in [3.63, 3.8) is 0 Å². The lowest BCUT2D eigenvalue weighted by Crippen LogP contribution is -2.54. The van der Waals surface area contributed by atoms with Crippen molar-refractivity contribution in [3.8, 4) is 0 Å². The standard InChI is InChI=1S/C16H34N2/c1-14(2)10-8-13(9-11-14)18(7)12-15(3,4)16(5,6)17/h13H,8-12,17H2,1-7H3. The lowest BCUT2D eigenvalue weighted by atomic mass is 9.73. The Morgan fingerprint density at radius 1 is 1.11 bits per heavy atom. The summed E-state index contributed by atoms with van der Waals surface area (Å²) in [4.78, 5) is 2.55. The van der Waals surface area contributed by atoms with E-state index in [0.29, 0.717) is 5.41 Å². The molecule has 108 valence electrons. The van der Waals surface area contributed by atoms with Gasteiger partial charge in [0.25, 0.3) is 0 Å². The number of nitrogens with two attached hydrogens (primary N) is 1. The number of hydrogen-bond donors (Lipinski definition) is 1. The Bertz CT molecular complexity index is 263. The van der Waals surface area contributed by atoms with Gasteiger partial charge >= 0.3 is 0 Å². The molecule has 0 spiro atoms. The SMILES string of the molecule is CN(CC(C)(C)C(C)(C)N)C1CCC(C)(C)CC1. The van der Waals surface area contributed by atoms with Gasteiger partial charge < -0.3 is 10.6 Å².